The molecule has 0 spiro atoms. The molecule has 0 aliphatic carbocycles. The Morgan fingerprint density at radius 2 is 1.77 bits per heavy atom. The van der Waals surface area contributed by atoms with Crippen LogP contribution < -0.4 is 10.2 Å². The molecule has 1 aliphatic heterocycles. The predicted molar refractivity (Wildman–Crippen MR) is 75.7 cm³/mol. The number of nitrogens with one attached hydrogen (secondary N) is 1. The zero-order valence-corrected chi connectivity index (χ0v) is 11.8. The lowest BCUT2D eigenvalue weighted by atomic mass is 10.1. The summed E-state index contributed by atoms with van der Waals surface area (Å²) in [5.41, 5.74) is 0.118. The van der Waals surface area contributed by atoms with Crippen molar-refractivity contribution in [3.05, 3.63) is 41.7 Å². The highest BCUT2D eigenvalue weighted by molar-refractivity contribution is 5.32. The first-order valence-electron chi connectivity index (χ1n) is 7.03. The Hall–Kier alpha value is -2.09. The van der Waals surface area contributed by atoms with Crippen LogP contribution in [0.3, 0.4) is 0 Å². The number of hydrogen-bond donors (Lipinski definition) is 1. The fraction of sp³-hybridized carbons (Fsp3) is 0.429. The number of rotatable bonds is 3. The number of nitrogens with zero attached hydrogens (tertiary/aromatic N) is 4. The Balaban J connectivity index is 1.75. The number of halogens is 3. The normalized spacial score (nSPS) is 16.0. The van der Waals surface area contributed by atoms with Crippen LogP contribution in [0.2, 0.25) is 0 Å². The molecule has 1 aliphatic rings. The van der Waals surface area contributed by atoms with Crippen molar-refractivity contribution < 1.29 is 13.2 Å². The zero-order chi connectivity index (χ0) is 15.6. The van der Waals surface area contributed by atoms with Crippen LogP contribution in [0.25, 0.3) is 0 Å². The summed E-state index contributed by atoms with van der Waals surface area (Å²) in [6.45, 7) is 3.84. The maximum Gasteiger partial charge on any atom is 0.416 e. The molecule has 5 nitrogen and oxygen atoms in total. The molecule has 118 valence electrons. The number of aromatic nitrogens is 3. The molecule has 0 bridgehead atoms. The van der Waals surface area contributed by atoms with Gasteiger partial charge in [-0.05, 0) is 17.7 Å². The number of hydrogen-bond acceptors (Lipinski definition) is 4. The van der Waals surface area contributed by atoms with Gasteiger partial charge in [0.15, 0.2) is 0 Å². The molecular weight excluding hydrogens is 295 g/mol. The van der Waals surface area contributed by atoms with Gasteiger partial charge in [0, 0.05) is 26.2 Å². The van der Waals surface area contributed by atoms with E-state index < -0.39 is 11.7 Å². The van der Waals surface area contributed by atoms with Crippen LogP contribution in [0.1, 0.15) is 11.1 Å². The van der Waals surface area contributed by atoms with Gasteiger partial charge in [0.2, 0.25) is 5.95 Å². The van der Waals surface area contributed by atoms with E-state index in [1.54, 1.807) is 4.68 Å². The summed E-state index contributed by atoms with van der Waals surface area (Å²) in [6, 6.07) is 5.14. The summed E-state index contributed by atoms with van der Waals surface area (Å²) in [6.07, 6.45) is -2.83. The molecule has 2 heterocycles. The molecule has 0 unspecified atom stereocenters. The third-order valence-electron chi connectivity index (χ3n) is 3.61. The molecule has 1 saturated heterocycles. The van der Waals surface area contributed by atoms with Gasteiger partial charge in [-0.3, -0.25) is 0 Å². The second-order valence-corrected chi connectivity index (χ2v) is 5.15. The molecule has 8 heteroatoms. The van der Waals surface area contributed by atoms with Crippen LogP contribution in [0.5, 0.6) is 0 Å². The zero-order valence-electron chi connectivity index (χ0n) is 11.8. The smallest absolute Gasteiger partial charge is 0.338 e. The second kappa shape index (κ2) is 5.96. The molecule has 1 N–H and O–H groups in total. The summed E-state index contributed by atoms with van der Waals surface area (Å²) in [5, 5.41) is 7.44. The SMILES string of the molecule is FC(F)(F)c1ccc(Cn2ncnc2N2CCNCC2)cc1. The molecule has 0 amide bonds. The van der Waals surface area contributed by atoms with E-state index in [2.05, 4.69) is 20.3 Å². The molecule has 1 aromatic heterocycles. The summed E-state index contributed by atoms with van der Waals surface area (Å²) in [4.78, 5) is 6.38. The van der Waals surface area contributed by atoms with E-state index in [1.807, 2.05) is 0 Å². The Morgan fingerprint density at radius 1 is 1.09 bits per heavy atom. The summed E-state index contributed by atoms with van der Waals surface area (Å²) < 4.78 is 39.4. The molecule has 3 rings (SSSR count). The maximum atomic E-state index is 12.6. The Bertz CT molecular complexity index is 614. The lowest BCUT2D eigenvalue weighted by Gasteiger charge is -2.28. The average molecular weight is 311 g/mol. The Morgan fingerprint density at radius 3 is 2.41 bits per heavy atom. The first kappa shape index (κ1) is 14.8. The van der Waals surface area contributed by atoms with Gasteiger partial charge in [0.05, 0.1) is 12.1 Å². The molecular formula is C14H16F3N5. The van der Waals surface area contributed by atoms with Crippen molar-refractivity contribution in [1.29, 1.82) is 0 Å². The van der Waals surface area contributed by atoms with Crippen LogP contribution in [0, 0.1) is 0 Å². The van der Waals surface area contributed by atoms with E-state index in [4.69, 9.17) is 0 Å². The second-order valence-electron chi connectivity index (χ2n) is 5.15. The Labute approximate surface area is 125 Å². The van der Waals surface area contributed by atoms with E-state index in [-0.39, 0.29) is 0 Å². The number of piperazine rings is 1. The molecule has 0 radical (unpaired) electrons. The van der Waals surface area contributed by atoms with Crippen molar-refractivity contribution >= 4 is 5.95 Å². The fourth-order valence-corrected chi connectivity index (χ4v) is 2.45. The highest BCUT2D eigenvalue weighted by Gasteiger charge is 2.30. The van der Waals surface area contributed by atoms with Crippen LogP contribution in [-0.4, -0.2) is 40.9 Å². The van der Waals surface area contributed by atoms with E-state index in [0.29, 0.717) is 6.54 Å². The first-order chi connectivity index (χ1) is 10.5. The summed E-state index contributed by atoms with van der Waals surface area (Å²) >= 11 is 0. The monoisotopic (exact) mass is 311 g/mol. The third kappa shape index (κ3) is 3.22. The third-order valence-corrected chi connectivity index (χ3v) is 3.61. The standard InChI is InChI=1S/C14H16F3N5/c15-14(16,17)12-3-1-11(2-4-12)9-22-13(19-10-20-22)21-7-5-18-6-8-21/h1-4,10,18H,5-9H2. The quantitative estimate of drug-likeness (QED) is 0.938. The van der Waals surface area contributed by atoms with Crippen molar-refractivity contribution in [2.24, 2.45) is 0 Å². The van der Waals surface area contributed by atoms with Crippen LogP contribution in [-0.2, 0) is 12.7 Å². The van der Waals surface area contributed by atoms with Gasteiger partial charge in [0.1, 0.15) is 6.33 Å². The van der Waals surface area contributed by atoms with Crippen LogP contribution in [0.4, 0.5) is 19.1 Å². The molecule has 0 saturated carbocycles. The minimum Gasteiger partial charge on any atom is -0.338 e. The molecule has 2 aromatic rings. The van der Waals surface area contributed by atoms with Gasteiger partial charge in [-0.25, -0.2) is 4.68 Å². The van der Waals surface area contributed by atoms with E-state index in [0.717, 1.165) is 49.8 Å². The van der Waals surface area contributed by atoms with Crippen molar-refractivity contribution in [2.45, 2.75) is 12.7 Å². The fourth-order valence-electron chi connectivity index (χ4n) is 2.45. The molecule has 0 atom stereocenters. The molecule has 22 heavy (non-hydrogen) atoms. The number of benzene rings is 1. The van der Waals surface area contributed by atoms with Crippen molar-refractivity contribution in [3.8, 4) is 0 Å². The van der Waals surface area contributed by atoms with Crippen LogP contribution >= 0.6 is 0 Å². The molecule has 1 fully saturated rings. The summed E-state index contributed by atoms with van der Waals surface area (Å²) in [5.74, 6) is 0.751. The Kier molecular flexibility index (Phi) is 4.02. The van der Waals surface area contributed by atoms with E-state index in [9.17, 15) is 13.2 Å². The largest absolute Gasteiger partial charge is 0.416 e. The number of alkyl halides is 3. The van der Waals surface area contributed by atoms with Gasteiger partial charge in [-0.2, -0.15) is 23.3 Å². The minimum atomic E-state index is -4.31. The van der Waals surface area contributed by atoms with Gasteiger partial charge in [0.25, 0.3) is 0 Å². The minimum absolute atomic E-state index is 0.400. The lowest BCUT2D eigenvalue weighted by molar-refractivity contribution is -0.137. The van der Waals surface area contributed by atoms with E-state index >= 15 is 0 Å². The first-order valence-corrected chi connectivity index (χ1v) is 7.03. The average Bonchev–Trinajstić information content (AvgIpc) is 2.96. The van der Waals surface area contributed by atoms with Crippen molar-refractivity contribution in [2.75, 3.05) is 31.1 Å². The number of anilines is 1. The highest BCUT2D eigenvalue weighted by Crippen LogP contribution is 2.29. The van der Waals surface area contributed by atoms with E-state index in [1.165, 1.54) is 18.5 Å². The maximum absolute atomic E-state index is 12.6. The molecule has 1 aromatic carbocycles. The predicted octanol–water partition coefficient (Wildman–Crippen LogP) is 1.75. The van der Waals surface area contributed by atoms with Crippen molar-refractivity contribution in [3.63, 3.8) is 0 Å². The highest BCUT2D eigenvalue weighted by atomic mass is 19.4. The van der Waals surface area contributed by atoms with Crippen LogP contribution in [0.15, 0.2) is 30.6 Å². The lowest BCUT2D eigenvalue weighted by Crippen LogP contribution is -2.44. The summed E-state index contributed by atoms with van der Waals surface area (Å²) in [7, 11) is 0. The van der Waals surface area contributed by atoms with Gasteiger partial charge in [-0.1, -0.05) is 12.1 Å². The van der Waals surface area contributed by atoms with Gasteiger partial charge >= 0.3 is 6.18 Å². The van der Waals surface area contributed by atoms with Gasteiger partial charge in [-0.15, -0.1) is 0 Å². The topological polar surface area (TPSA) is 46.0 Å². The van der Waals surface area contributed by atoms with Crippen molar-refractivity contribution in [1.82, 2.24) is 20.1 Å². The van der Waals surface area contributed by atoms with Gasteiger partial charge < -0.3 is 10.2 Å².